The Kier molecular flexibility index (Phi) is 6.02. The van der Waals surface area contributed by atoms with Gasteiger partial charge in [-0.1, -0.05) is 11.6 Å². The van der Waals surface area contributed by atoms with Crippen LogP contribution in [0.5, 0.6) is 11.5 Å². The van der Waals surface area contributed by atoms with Gasteiger partial charge in [0.1, 0.15) is 23.3 Å². The Labute approximate surface area is 170 Å². The van der Waals surface area contributed by atoms with E-state index < -0.39 is 5.91 Å². The maximum absolute atomic E-state index is 13.3. The Hall–Kier alpha value is -2.83. The second-order valence-corrected chi connectivity index (χ2v) is 6.62. The molecule has 0 unspecified atom stereocenters. The van der Waals surface area contributed by atoms with Gasteiger partial charge in [0.2, 0.25) is 0 Å². The zero-order valence-electron chi connectivity index (χ0n) is 14.7. The van der Waals surface area contributed by atoms with Gasteiger partial charge in [-0.3, -0.25) is 9.59 Å². The molecule has 1 aromatic heterocycles. The lowest BCUT2D eigenvalue weighted by molar-refractivity contribution is 0.102. The summed E-state index contributed by atoms with van der Waals surface area (Å²) in [6.07, 6.45) is 1.48. The second-order valence-electron chi connectivity index (χ2n) is 5.95. The number of carbonyl (C=O) groups excluding carboxylic acids is 1. The normalized spacial score (nSPS) is 10.6. The molecule has 0 fully saturated rings. The first-order valence-electron chi connectivity index (χ1n) is 8.19. The molecule has 0 aliphatic carbocycles. The number of rotatable bonds is 5. The van der Waals surface area contributed by atoms with Crippen LogP contribution in [0.15, 0.2) is 59.5 Å². The molecule has 0 atom stereocenters. The van der Waals surface area contributed by atoms with Crippen molar-refractivity contribution in [3.8, 4) is 11.5 Å². The number of benzene rings is 2. The summed E-state index contributed by atoms with van der Waals surface area (Å²) in [7, 11) is 0. The molecule has 3 rings (SSSR count). The summed E-state index contributed by atoms with van der Waals surface area (Å²) >= 11 is 11.7. The Balaban J connectivity index is 1.90. The highest BCUT2D eigenvalue weighted by Gasteiger charge is 2.16. The van der Waals surface area contributed by atoms with Crippen LogP contribution in [0.2, 0.25) is 5.02 Å². The van der Waals surface area contributed by atoms with Crippen molar-refractivity contribution in [1.82, 2.24) is 4.57 Å². The minimum Gasteiger partial charge on any atom is -0.456 e. The lowest BCUT2D eigenvalue weighted by atomic mass is 10.1. The quantitative estimate of drug-likeness (QED) is 0.577. The molecule has 0 saturated carbocycles. The van der Waals surface area contributed by atoms with E-state index >= 15 is 0 Å². The Morgan fingerprint density at radius 3 is 2.61 bits per heavy atom. The summed E-state index contributed by atoms with van der Waals surface area (Å²) in [6, 6.07) is 11.4. The van der Waals surface area contributed by atoms with Crippen molar-refractivity contribution in [3.05, 3.63) is 87.0 Å². The number of hydrogen-bond donors (Lipinski definition) is 1. The standard InChI is InChI=1S/C20H15Cl2FN2O3/c1-12-8-14(23)3-5-17(12)28-18-9-13(22)2-4-16(18)20(27)24-15-6-7-25(11-21)19(26)10-15/h2-10H,11H2,1H3,(H,24,27). The number of pyridine rings is 1. The molecule has 1 amide bonds. The minimum atomic E-state index is -0.491. The Morgan fingerprint density at radius 1 is 1.14 bits per heavy atom. The number of aryl methyl sites for hydroxylation is 1. The Bertz CT molecular complexity index is 1100. The SMILES string of the molecule is Cc1cc(F)ccc1Oc1cc(Cl)ccc1C(=O)Nc1ccn(CCl)c(=O)c1. The molecule has 0 saturated heterocycles. The molecule has 0 radical (unpaired) electrons. The number of alkyl halides is 1. The predicted octanol–water partition coefficient (Wildman–Crippen LogP) is 5.19. The van der Waals surface area contributed by atoms with Crippen molar-refractivity contribution in [2.75, 3.05) is 5.32 Å². The zero-order chi connectivity index (χ0) is 20.3. The van der Waals surface area contributed by atoms with Crippen molar-refractivity contribution in [2.45, 2.75) is 12.9 Å². The first kappa shape index (κ1) is 19.9. The first-order valence-corrected chi connectivity index (χ1v) is 9.10. The van der Waals surface area contributed by atoms with Crippen molar-refractivity contribution < 1.29 is 13.9 Å². The van der Waals surface area contributed by atoms with E-state index in [0.717, 1.165) is 0 Å². The van der Waals surface area contributed by atoms with Gasteiger partial charge in [0.25, 0.3) is 11.5 Å². The van der Waals surface area contributed by atoms with E-state index in [1.807, 2.05) is 0 Å². The first-order chi connectivity index (χ1) is 13.4. The van der Waals surface area contributed by atoms with E-state index in [-0.39, 0.29) is 28.7 Å². The van der Waals surface area contributed by atoms with Gasteiger partial charge >= 0.3 is 0 Å². The largest absolute Gasteiger partial charge is 0.456 e. The van der Waals surface area contributed by atoms with Crippen molar-refractivity contribution in [2.24, 2.45) is 0 Å². The molecular weight excluding hydrogens is 406 g/mol. The van der Waals surface area contributed by atoms with Crippen LogP contribution in [-0.4, -0.2) is 10.5 Å². The fraction of sp³-hybridized carbons (Fsp3) is 0.100. The maximum atomic E-state index is 13.3. The third kappa shape index (κ3) is 4.52. The van der Waals surface area contributed by atoms with Crippen LogP contribution in [-0.2, 0) is 6.00 Å². The van der Waals surface area contributed by atoms with Gasteiger partial charge in [-0.15, -0.1) is 11.6 Å². The molecule has 1 N–H and O–H groups in total. The van der Waals surface area contributed by atoms with E-state index in [1.54, 1.807) is 19.1 Å². The zero-order valence-corrected chi connectivity index (χ0v) is 16.2. The molecule has 5 nitrogen and oxygen atoms in total. The number of anilines is 1. The molecule has 0 bridgehead atoms. The monoisotopic (exact) mass is 420 g/mol. The summed E-state index contributed by atoms with van der Waals surface area (Å²) < 4.78 is 20.4. The summed E-state index contributed by atoms with van der Waals surface area (Å²) in [6.45, 7) is 1.69. The number of hydrogen-bond acceptors (Lipinski definition) is 3. The van der Waals surface area contributed by atoms with E-state index in [4.69, 9.17) is 27.9 Å². The van der Waals surface area contributed by atoms with E-state index in [1.165, 1.54) is 47.2 Å². The summed E-state index contributed by atoms with van der Waals surface area (Å²) in [5, 5.41) is 3.01. The number of nitrogens with zero attached hydrogens (tertiary/aromatic N) is 1. The molecule has 2 aromatic carbocycles. The van der Waals surface area contributed by atoms with Crippen molar-refractivity contribution >= 4 is 34.8 Å². The summed E-state index contributed by atoms with van der Waals surface area (Å²) in [5.74, 6) is -0.286. The van der Waals surface area contributed by atoms with Crippen LogP contribution in [0.25, 0.3) is 0 Å². The molecule has 28 heavy (non-hydrogen) atoms. The van der Waals surface area contributed by atoms with Gasteiger partial charge in [0.15, 0.2) is 0 Å². The predicted molar refractivity (Wildman–Crippen MR) is 107 cm³/mol. The average molecular weight is 421 g/mol. The van der Waals surface area contributed by atoms with E-state index in [2.05, 4.69) is 5.32 Å². The second kappa shape index (κ2) is 8.46. The topological polar surface area (TPSA) is 60.3 Å². The summed E-state index contributed by atoms with van der Waals surface area (Å²) in [5.41, 5.74) is 0.739. The number of carbonyl (C=O) groups is 1. The van der Waals surface area contributed by atoms with Crippen LogP contribution < -0.4 is 15.6 Å². The fourth-order valence-corrected chi connectivity index (χ4v) is 2.86. The number of ether oxygens (including phenoxy) is 1. The van der Waals surface area contributed by atoms with E-state index in [9.17, 15) is 14.0 Å². The third-order valence-corrected chi connectivity index (χ3v) is 4.42. The number of amides is 1. The lowest BCUT2D eigenvalue weighted by Crippen LogP contribution is -2.19. The number of aromatic nitrogens is 1. The molecule has 0 spiro atoms. The molecule has 144 valence electrons. The van der Waals surface area contributed by atoms with Gasteiger partial charge in [0, 0.05) is 29.0 Å². The highest BCUT2D eigenvalue weighted by Crippen LogP contribution is 2.31. The molecule has 1 heterocycles. The lowest BCUT2D eigenvalue weighted by Gasteiger charge is -2.14. The maximum Gasteiger partial charge on any atom is 0.259 e. The number of halogens is 3. The molecule has 8 heteroatoms. The fourth-order valence-electron chi connectivity index (χ4n) is 2.50. The van der Waals surface area contributed by atoms with E-state index in [0.29, 0.717) is 22.0 Å². The van der Waals surface area contributed by atoms with Gasteiger partial charge in [-0.05, 0) is 48.9 Å². The highest BCUT2D eigenvalue weighted by atomic mass is 35.5. The molecule has 0 aliphatic rings. The smallest absolute Gasteiger partial charge is 0.259 e. The van der Waals surface area contributed by atoms with Gasteiger partial charge < -0.3 is 14.6 Å². The van der Waals surface area contributed by atoms with Crippen molar-refractivity contribution in [3.63, 3.8) is 0 Å². The van der Waals surface area contributed by atoms with Gasteiger partial charge in [-0.25, -0.2) is 4.39 Å². The van der Waals surface area contributed by atoms with Crippen LogP contribution in [0, 0.1) is 12.7 Å². The minimum absolute atomic E-state index is 0.0131. The molecule has 0 aliphatic heterocycles. The van der Waals surface area contributed by atoms with Gasteiger partial charge in [-0.2, -0.15) is 0 Å². The van der Waals surface area contributed by atoms with Crippen molar-refractivity contribution in [1.29, 1.82) is 0 Å². The van der Waals surface area contributed by atoms with Crippen LogP contribution >= 0.6 is 23.2 Å². The average Bonchev–Trinajstić information content (AvgIpc) is 2.64. The highest BCUT2D eigenvalue weighted by molar-refractivity contribution is 6.31. The molecule has 3 aromatic rings. The summed E-state index contributed by atoms with van der Waals surface area (Å²) in [4.78, 5) is 24.6. The van der Waals surface area contributed by atoms with Crippen LogP contribution in [0.1, 0.15) is 15.9 Å². The Morgan fingerprint density at radius 2 is 1.93 bits per heavy atom. The number of nitrogens with one attached hydrogen (secondary N) is 1. The van der Waals surface area contributed by atoms with Gasteiger partial charge in [0.05, 0.1) is 5.56 Å². The molecular formula is C20H15Cl2FN2O3. The van der Waals surface area contributed by atoms with Crippen LogP contribution in [0.3, 0.4) is 0 Å². The van der Waals surface area contributed by atoms with Crippen LogP contribution in [0.4, 0.5) is 10.1 Å². The third-order valence-electron chi connectivity index (χ3n) is 3.93.